The zero-order valence-corrected chi connectivity index (χ0v) is 25.7. The van der Waals surface area contributed by atoms with Crippen molar-refractivity contribution in [3.8, 4) is 11.4 Å². The molecule has 218 valence electrons. The second-order valence-electron chi connectivity index (χ2n) is 11.4. The lowest BCUT2D eigenvalue weighted by molar-refractivity contribution is 0.970. The first-order valence-corrected chi connectivity index (χ1v) is 16.0. The SMILES string of the molecule is C1=Cc2c(c3ccc(Nc4ccc5c6ccccc6n(-c6ccccc6)c5c4)cc3n2-c2cccc3ccccc23)CC1.CC. The molecule has 0 spiro atoms. The van der Waals surface area contributed by atoms with E-state index in [1.54, 1.807) is 0 Å². The molecule has 2 aromatic heterocycles. The number of aryl methyl sites for hydroxylation is 1. The van der Waals surface area contributed by atoms with Crippen LogP contribution in [0.15, 0.2) is 140 Å². The van der Waals surface area contributed by atoms with Gasteiger partial charge in [-0.15, -0.1) is 0 Å². The van der Waals surface area contributed by atoms with Crippen molar-refractivity contribution in [1.82, 2.24) is 9.13 Å². The van der Waals surface area contributed by atoms with E-state index >= 15 is 0 Å². The van der Waals surface area contributed by atoms with E-state index in [0.29, 0.717) is 0 Å². The minimum absolute atomic E-state index is 1.06. The van der Waals surface area contributed by atoms with Gasteiger partial charge >= 0.3 is 0 Å². The van der Waals surface area contributed by atoms with Crippen molar-refractivity contribution in [2.24, 2.45) is 0 Å². The maximum absolute atomic E-state index is 3.76. The van der Waals surface area contributed by atoms with E-state index in [0.717, 1.165) is 24.2 Å². The quantitative estimate of drug-likeness (QED) is 0.219. The third kappa shape index (κ3) is 4.43. The first-order chi connectivity index (χ1) is 22.3. The van der Waals surface area contributed by atoms with Gasteiger partial charge in [-0.25, -0.2) is 0 Å². The van der Waals surface area contributed by atoms with E-state index in [1.165, 1.54) is 66.1 Å². The molecule has 0 fully saturated rings. The van der Waals surface area contributed by atoms with Gasteiger partial charge in [-0.2, -0.15) is 0 Å². The van der Waals surface area contributed by atoms with E-state index in [2.05, 4.69) is 160 Å². The third-order valence-corrected chi connectivity index (χ3v) is 8.93. The van der Waals surface area contributed by atoms with Gasteiger partial charge in [0.15, 0.2) is 0 Å². The average Bonchev–Trinajstić information content (AvgIpc) is 3.61. The van der Waals surface area contributed by atoms with Crippen LogP contribution in [0.2, 0.25) is 0 Å². The van der Waals surface area contributed by atoms with Crippen LogP contribution < -0.4 is 5.32 Å². The monoisotopic (exact) mass is 581 g/mol. The van der Waals surface area contributed by atoms with Gasteiger partial charge in [0.05, 0.1) is 22.2 Å². The van der Waals surface area contributed by atoms with Gasteiger partial charge in [-0.05, 0) is 78.4 Å². The lowest BCUT2D eigenvalue weighted by Gasteiger charge is -2.15. The van der Waals surface area contributed by atoms with Crippen LogP contribution in [-0.4, -0.2) is 9.13 Å². The van der Waals surface area contributed by atoms with E-state index in [-0.39, 0.29) is 0 Å². The Kier molecular flexibility index (Phi) is 6.72. The summed E-state index contributed by atoms with van der Waals surface area (Å²) < 4.78 is 4.83. The van der Waals surface area contributed by atoms with Crippen LogP contribution >= 0.6 is 0 Å². The van der Waals surface area contributed by atoms with Gasteiger partial charge < -0.3 is 14.5 Å². The molecule has 9 rings (SSSR count). The van der Waals surface area contributed by atoms with Crippen LogP contribution in [0.1, 0.15) is 31.5 Å². The zero-order valence-electron chi connectivity index (χ0n) is 25.7. The van der Waals surface area contributed by atoms with E-state index in [9.17, 15) is 0 Å². The molecule has 0 saturated heterocycles. The molecule has 6 aromatic carbocycles. The Morgan fingerprint density at radius 3 is 2.00 bits per heavy atom. The number of allylic oxidation sites excluding steroid dienone is 1. The first-order valence-electron chi connectivity index (χ1n) is 16.0. The fourth-order valence-corrected chi connectivity index (χ4v) is 7.05. The molecule has 0 radical (unpaired) electrons. The number of fused-ring (bicyclic) bond motifs is 7. The summed E-state index contributed by atoms with van der Waals surface area (Å²) in [5.74, 6) is 0. The van der Waals surface area contributed by atoms with Crippen molar-refractivity contribution in [3.63, 3.8) is 0 Å². The van der Waals surface area contributed by atoms with Crippen molar-refractivity contribution in [2.75, 3.05) is 5.32 Å². The van der Waals surface area contributed by atoms with Crippen LogP contribution in [0.25, 0.3) is 60.9 Å². The number of anilines is 2. The molecule has 1 N–H and O–H groups in total. The first kappa shape index (κ1) is 27.0. The number of nitrogens with zero attached hydrogens (tertiary/aromatic N) is 2. The summed E-state index contributed by atoms with van der Waals surface area (Å²) in [6, 6.07) is 48.2. The standard InChI is InChI=1S/C40H29N3.C2H6/c1-2-13-30(14-3-1)42-37-18-8-6-16-32(37)34-23-21-28(25-39(34)42)41-29-22-24-35-33-17-7-9-19-38(33)43(40(35)26-29)36-20-10-12-27-11-4-5-15-31(27)36;1-2/h1-6,8-16,18-26,41H,7,17H2;1-2H3. The minimum Gasteiger partial charge on any atom is -0.355 e. The van der Waals surface area contributed by atoms with Gasteiger partial charge in [-0.1, -0.05) is 105 Å². The van der Waals surface area contributed by atoms with Gasteiger partial charge in [-0.3, -0.25) is 0 Å². The molecule has 1 aliphatic rings. The second-order valence-corrected chi connectivity index (χ2v) is 11.4. The average molecular weight is 582 g/mol. The van der Waals surface area contributed by atoms with Gasteiger partial charge in [0.1, 0.15) is 0 Å². The molecular weight excluding hydrogens is 546 g/mol. The van der Waals surface area contributed by atoms with Crippen LogP contribution in [0.4, 0.5) is 11.4 Å². The number of hydrogen-bond acceptors (Lipinski definition) is 1. The number of nitrogens with one attached hydrogen (secondary N) is 1. The Morgan fingerprint density at radius 2 is 1.18 bits per heavy atom. The van der Waals surface area contributed by atoms with Crippen molar-refractivity contribution in [3.05, 3.63) is 151 Å². The summed E-state index contributed by atoms with van der Waals surface area (Å²) >= 11 is 0. The Balaban J connectivity index is 0.00000147. The fraction of sp³-hybridized carbons (Fsp3) is 0.0952. The number of para-hydroxylation sites is 2. The predicted octanol–water partition coefficient (Wildman–Crippen LogP) is 11.6. The topological polar surface area (TPSA) is 21.9 Å². The van der Waals surface area contributed by atoms with Crippen molar-refractivity contribution >= 4 is 60.9 Å². The Bertz CT molecular complexity index is 2360. The molecule has 8 aromatic rings. The molecule has 0 amide bonds. The van der Waals surface area contributed by atoms with Crippen molar-refractivity contribution in [2.45, 2.75) is 26.7 Å². The summed E-state index contributed by atoms with van der Waals surface area (Å²) in [6.07, 6.45) is 6.76. The molecule has 0 atom stereocenters. The van der Waals surface area contributed by atoms with Crippen molar-refractivity contribution in [1.29, 1.82) is 0 Å². The van der Waals surface area contributed by atoms with Gasteiger partial charge in [0, 0.05) is 44.3 Å². The van der Waals surface area contributed by atoms with Crippen molar-refractivity contribution < 1.29 is 0 Å². The highest BCUT2D eigenvalue weighted by Crippen LogP contribution is 2.38. The second kappa shape index (κ2) is 11.2. The molecule has 0 saturated carbocycles. The molecular formula is C42H35N3. The molecule has 2 heterocycles. The summed E-state index contributed by atoms with van der Waals surface area (Å²) in [4.78, 5) is 0. The molecule has 45 heavy (non-hydrogen) atoms. The van der Waals surface area contributed by atoms with E-state index in [4.69, 9.17) is 0 Å². The minimum atomic E-state index is 1.06. The zero-order chi connectivity index (χ0) is 30.3. The fourth-order valence-electron chi connectivity index (χ4n) is 7.05. The number of hydrogen-bond donors (Lipinski definition) is 1. The number of aromatic nitrogens is 2. The lowest BCUT2D eigenvalue weighted by Crippen LogP contribution is -2.01. The number of benzene rings is 6. The Labute approximate surface area is 263 Å². The molecule has 3 heteroatoms. The highest BCUT2D eigenvalue weighted by molar-refractivity contribution is 6.10. The summed E-state index contributed by atoms with van der Waals surface area (Å²) in [5, 5.41) is 10.1. The summed E-state index contributed by atoms with van der Waals surface area (Å²) in [6.45, 7) is 4.00. The third-order valence-electron chi connectivity index (χ3n) is 8.93. The van der Waals surface area contributed by atoms with Gasteiger partial charge in [0.25, 0.3) is 0 Å². The normalized spacial score (nSPS) is 12.4. The highest BCUT2D eigenvalue weighted by atomic mass is 15.0. The number of rotatable bonds is 4. The summed E-state index contributed by atoms with van der Waals surface area (Å²) in [7, 11) is 0. The maximum atomic E-state index is 3.76. The van der Waals surface area contributed by atoms with Crippen LogP contribution in [0, 0.1) is 0 Å². The maximum Gasteiger partial charge on any atom is 0.0561 e. The lowest BCUT2D eigenvalue weighted by atomic mass is 10.0. The Hall–Kier alpha value is -5.54. The summed E-state index contributed by atoms with van der Waals surface area (Å²) in [5.41, 5.74) is 10.9. The smallest absolute Gasteiger partial charge is 0.0561 e. The molecule has 0 aliphatic heterocycles. The predicted molar refractivity (Wildman–Crippen MR) is 194 cm³/mol. The van der Waals surface area contributed by atoms with E-state index < -0.39 is 0 Å². The largest absolute Gasteiger partial charge is 0.355 e. The van der Waals surface area contributed by atoms with Crippen LogP contribution in [-0.2, 0) is 6.42 Å². The molecule has 0 unspecified atom stereocenters. The molecule has 0 bridgehead atoms. The highest BCUT2D eigenvalue weighted by Gasteiger charge is 2.20. The molecule has 3 nitrogen and oxygen atoms in total. The Morgan fingerprint density at radius 1 is 0.533 bits per heavy atom. The van der Waals surface area contributed by atoms with Gasteiger partial charge in [0.2, 0.25) is 0 Å². The van der Waals surface area contributed by atoms with Crippen LogP contribution in [0.5, 0.6) is 0 Å². The molecule has 1 aliphatic carbocycles. The van der Waals surface area contributed by atoms with E-state index in [1.807, 2.05) is 13.8 Å². The van der Waals surface area contributed by atoms with Crippen LogP contribution in [0.3, 0.4) is 0 Å².